The molecule has 1 saturated heterocycles. The van der Waals surface area contributed by atoms with Gasteiger partial charge in [-0.15, -0.1) is 11.3 Å². The topological polar surface area (TPSA) is 101 Å². The van der Waals surface area contributed by atoms with Crippen LogP contribution in [-0.4, -0.2) is 53.9 Å². The van der Waals surface area contributed by atoms with Gasteiger partial charge in [0.15, 0.2) is 0 Å². The van der Waals surface area contributed by atoms with Gasteiger partial charge in [-0.05, 0) is 12.0 Å². The second-order valence-corrected chi connectivity index (χ2v) is 7.44. The number of amides is 3. The normalized spacial score (nSPS) is 13.8. The first-order chi connectivity index (χ1) is 14.1. The molecule has 3 amide bonds. The molecule has 2 heterocycles. The van der Waals surface area contributed by atoms with Crippen LogP contribution in [0.2, 0.25) is 0 Å². The molecule has 0 bridgehead atoms. The minimum Gasteiger partial charge on any atom is -0.378 e. The lowest BCUT2D eigenvalue weighted by Crippen LogP contribution is -2.43. The Balaban J connectivity index is 1.44. The van der Waals surface area contributed by atoms with Crippen molar-refractivity contribution in [3.8, 4) is 10.6 Å². The monoisotopic (exact) mass is 416 g/mol. The third kappa shape index (κ3) is 5.85. The minimum atomic E-state index is -0.495. The molecule has 154 valence electrons. The average molecular weight is 417 g/mol. The van der Waals surface area contributed by atoms with E-state index in [1.165, 1.54) is 16.9 Å². The molecule has 1 fully saturated rings. The molecule has 0 atom stereocenters. The summed E-state index contributed by atoms with van der Waals surface area (Å²) in [4.78, 5) is 42.2. The lowest BCUT2D eigenvalue weighted by molar-refractivity contribution is -0.137. The molecule has 2 aromatic rings. The predicted molar refractivity (Wildman–Crippen MR) is 109 cm³/mol. The number of nitrogens with zero attached hydrogens (tertiary/aromatic N) is 2. The summed E-state index contributed by atoms with van der Waals surface area (Å²) < 4.78 is 5.20. The molecule has 1 aliphatic heterocycles. The molecule has 1 aliphatic rings. The van der Waals surface area contributed by atoms with E-state index in [2.05, 4.69) is 22.8 Å². The number of morpholine rings is 1. The van der Waals surface area contributed by atoms with Crippen LogP contribution in [0.4, 0.5) is 0 Å². The zero-order chi connectivity index (χ0) is 20.6. The van der Waals surface area contributed by atoms with Crippen LogP contribution in [0.5, 0.6) is 0 Å². The van der Waals surface area contributed by atoms with Crippen LogP contribution in [0.25, 0.3) is 10.6 Å². The number of rotatable bonds is 6. The number of benzene rings is 1. The van der Waals surface area contributed by atoms with Crippen LogP contribution in [0.3, 0.4) is 0 Å². The second kappa shape index (κ2) is 10.1. The van der Waals surface area contributed by atoms with Crippen LogP contribution >= 0.6 is 11.3 Å². The fraction of sp³-hybridized carbons (Fsp3) is 0.400. The highest BCUT2D eigenvalue weighted by Gasteiger charge is 2.18. The molecule has 0 spiro atoms. The maximum atomic E-state index is 12.2. The molecule has 0 radical (unpaired) electrons. The lowest BCUT2D eigenvalue weighted by atomic mass is 10.1. The van der Waals surface area contributed by atoms with Crippen molar-refractivity contribution >= 4 is 29.1 Å². The van der Waals surface area contributed by atoms with Gasteiger partial charge < -0.3 is 9.64 Å². The zero-order valence-corrected chi connectivity index (χ0v) is 17.1. The summed E-state index contributed by atoms with van der Waals surface area (Å²) in [5.74, 6) is -1.01. The van der Waals surface area contributed by atoms with E-state index in [9.17, 15) is 14.4 Å². The van der Waals surface area contributed by atoms with Crippen LogP contribution in [-0.2, 0) is 20.7 Å². The maximum absolute atomic E-state index is 12.2. The molecule has 9 heteroatoms. The molecule has 0 unspecified atom stereocenters. The molecule has 2 N–H and O–H groups in total. The molecule has 1 aromatic heterocycles. The van der Waals surface area contributed by atoms with E-state index >= 15 is 0 Å². The Kier molecular flexibility index (Phi) is 7.31. The van der Waals surface area contributed by atoms with Crippen LogP contribution in [0.15, 0.2) is 29.6 Å². The number of hydrogen-bond donors (Lipinski definition) is 2. The summed E-state index contributed by atoms with van der Waals surface area (Å²) in [5.41, 5.74) is 7.09. The van der Waals surface area contributed by atoms with Crippen molar-refractivity contribution in [1.29, 1.82) is 0 Å². The number of aryl methyl sites for hydroxylation is 1. The summed E-state index contributed by atoms with van der Waals surface area (Å²) in [6, 6.07) is 8.03. The number of aromatic nitrogens is 1. The fourth-order valence-corrected chi connectivity index (χ4v) is 3.64. The molecule has 0 aliphatic carbocycles. The third-order valence-corrected chi connectivity index (χ3v) is 5.48. The Morgan fingerprint density at radius 1 is 1.10 bits per heavy atom. The van der Waals surface area contributed by atoms with Gasteiger partial charge in [-0.2, -0.15) is 0 Å². The van der Waals surface area contributed by atoms with Crippen molar-refractivity contribution in [1.82, 2.24) is 20.7 Å². The van der Waals surface area contributed by atoms with Gasteiger partial charge in [-0.25, -0.2) is 4.98 Å². The molecular weight excluding hydrogens is 392 g/mol. The number of carbonyl (C=O) groups is 3. The molecule has 3 rings (SSSR count). The summed E-state index contributed by atoms with van der Waals surface area (Å²) >= 11 is 1.36. The van der Waals surface area contributed by atoms with Crippen LogP contribution < -0.4 is 10.9 Å². The Bertz CT molecular complexity index is 860. The van der Waals surface area contributed by atoms with Gasteiger partial charge in [0.25, 0.3) is 5.91 Å². The van der Waals surface area contributed by atoms with Crippen molar-refractivity contribution in [2.45, 2.75) is 26.2 Å². The standard InChI is InChI=1S/C20H24N4O4S/c1-2-14-3-5-15(6-4-14)20-21-16(13-29-20)19(27)23-22-17(25)7-8-18(26)24-9-11-28-12-10-24/h3-6,13H,2,7-12H2,1H3,(H,22,25)(H,23,27). The van der Waals surface area contributed by atoms with E-state index in [4.69, 9.17) is 4.74 Å². The van der Waals surface area contributed by atoms with Crippen molar-refractivity contribution in [3.05, 3.63) is 40.9 Å². The first kappa shape index (κ1) is 20.9. The molecule has 0 saturated carbocycles. The third-order valence-electron chi connectivity index (χ3n) is 4.59. The van der Waals surface area contributed by atoms with Crippen LogP contribution in [0.1, 0.15) is 35.8 Å². The molecule has 8 nitrogen and oxygen atoms in total. The van der Waals surface area contributed by atoms with Crippen LogP contribution in [0, 0.1) is 0 Å². The first-order valence-corrected chi connectivity index (χ1v) is 10.4. The Hall–Kier alpha value is -2.78. The number of nitrogens with one attached hydrogen (secondary N) is 2. The second-order valence-electron chi connectivity index (χ2n) is 6.58. The van der Waals surface area contributed by atoms with Gasteiger partial charge >= 0.3 is 0 Å². The van der Waals surface area contributed by atoms with E-state index in [0.717, 1.165) is 17.0 Å². The van der Waals surface area contributed by atoms with E-state index < -0.39 is 11.8 Å². The Morgan fingerprint density at radius 2 is 1.83 bits per heavy atom. The number of ether oxygens (including phenoxy) is 1. The van der Waals surface area contributed by atoms with E-state index in [1.54, 1.807) is 10.3 Å². The first-order valence-electron chi connectivity index (χ1n) is 9.56. The molecular formula is C20H24N4O4S. The maximum Gasteiger partial charge on any atom is 0.289 e. The van der Waals surface area contributed by atoms with Gasteiger partial charge in [0.1, 0.15) is 10.7 Å². The predicted octanol–water partition coefficient (Wildman–Crippen LogP) is 1.77. The van der Waals surface area contributed by atoms with E-state index in [-0.39, 0.29) is 24.4 Å². The molecule has 29 heavy (non-hydrogen) atoms. The zero-order valence-electron chi connectivity index (χ0n) is 16.3. The summed E-state index contributed by atoms with van der Waals surface area (Å²) in [5, 5.41) is 2.38. The fourth-order valence-electron chi connectivity index (χ4n) is 2.84. The smallest absolute Gasteiger partial charge is 0.289 e. The number of hydrogen-bond acceptors (Lipinski definition) is 6. The summed E-state index contributed by atoms with van der Waals surface area (Å²) in [6.07, 6.45) is 1.06. The highest BCUT2D eigenvalue weighted by atomic mass is 32.1. The number of hydrazine groups is 1. The van der Waals surface area contributed by atoms with Gasteiger partial charge in [0.2, 0.25) is 11.8 Å². The highest BCUT2D eigenvalue weighted by molar-refractivity contribution is 7.13. The summed E-state index contributed by atoms with van der Waals surface area (Å²) in [7, 11) is 0. The lowest BCUT2D eigenvalue weighted by Gasteiger charge is -2.26. The average Bonchev–Trinajstić information content (AvgIpc) is 3.27. The molecule has 1 aromatic carbocycles. The Labute approximate surface area is 173 Å². The van der Waals surface area contributed by atoms with E-state index in [1.807, 2.05) is 24.3 Å². The highest BCUT2D eigenvalue weighted by Crippen LogP contribution is 2.24. The largest absolute Gasteiger partial charge is 0.378 e. The van der Waals surface area contributed by atoms with E-state index in [0.29, 0.717) is 26.3 Å². The van der Waals surface area contributed by atoms with Crippen molar-refractivity contribution in [3.63, 3.8) is 0 Å². The van der Waals surface area contributed by atoms with Gasteiger partial charge in [0, 0.05) is 36.9 Å². The summed E-state index contributed by atoms with van der Waals surface area (Å²) in [6.45, 7) is 4.22. The van der Waals surface area contributed by atoms with Gasteiger partial charge in [-0.1, -0.05) is 31.2 Å². The SMILES string of the molecule is CCc1ccc(-c2nc(C(=O)NNC(=O)CCC(=O)N3CCOCC3)cs2)cc1. The minimum absolute atomic E-state index is 0.00254. The number of carbonyl (C=O) groups excluding carboxylic acids is 3. The number of thiazole rings is 1. The van der Waals surface area contributed by atoms with Gasteiger partial charge in [0.05, 0.1) is 13.2 Å². The van der Waals surface area contributed by atoms with Crippen molar-refractivity contribution in [2.75, 3.05) is 26.3 Å². The van der Waals surface area contributed by atoms with Crippen molar-refractivity contribution in [2.24, 2.45) is 0 Å². The van der Waals surface area contributed by atoms with Gasteiger partial charge in [-0.3, -0.25) is 25.2 Å². The quantitative estimate of drug-likeness (QED) is 0.699. The van der Waals surface area contributed by atoms with Crippen molar-refractivity contribution < 1.29 is 19.1 Å². The Morgan fingerprint density at radius 3 is 2.52 bits per heavy atom.